The molecular weight excluding hydrogens is 232 g/mol. The van der Waals surface area contributed by atoms with Crippen LogP contribution in [-0.2, 0) is 0 Å². The molecule has 0 amide bonds. The van der Waals surface area contributed by atoms with Gasteiger partial charge in [0.2, 0.25) is 0 Å². The maximum Gasteiger partial charge on any atom is 0.0430 e. The minimum Gasteiger partial charge on any atom is -0.366 e. The lowest BCUT2D eigenvalue weighted by atomic mass is 9.93. The van der Waals surface area contributed by atoms with Crippen molar-refractivity contribution in [3.8, 4) is 0 Å². The summed E-state index contributed by atoms with van der Waals surface area (Å²) in [4.78, 5) is 2.64. The molecule has 1 N–H and O–H groups in total. The van der Waals surface area contributed by atoms with Crippen LogP contribution in [-0.4, -0.2) is 25.2 Å². The van der Waals surface area contributed by atoms with Crippen LogP contribution < -0.4 is 10.2 Å². The zero-order chi connectivity index (χ0) is 13.0. The molecule has 102 valence electrons. The van der Waals surface area contributed by atoms with E-state index < -0.39 is 0 Å². The molecule has 1 aromatic carbocycles. The predicted molar refractivity (Wildman–Crippen MR) is 80.0 cm³/mol. The normalized spacial score (nSPS) is 29.5. The van der Waals surface area contributed by atoms with Gasteiger partial charge in [-0.05, 0) is 54.4 Å². The first-order chi connectivity index (χ1) is 9.22. The third kappa shape index (κ3) is 1.97. The summed E-state index contributed by atoms with van der Waals surface area (Å²) in [6.07, 6.45) is 4.14. The number of rotatable bonds is 3. The van der Waals surface area contributed by atoms with Crippen molar-refractivity contribution in [2.45, 2.75) is 57.0 Å². The van der Waals surface area contributed by atoms with E-state index in [1.165, 1.54) is 38.0 Å². The highest BCUT2D eigenvalue weighted by Gasteiger charge is 2.38. The van der Waals surface area contributed by atoms with Crippen molar-refractivity contribution in [3.05, 3.63) is 29.3 Å². The molecular formula is C17H24N2. The first-order valence-electron chi connectivity index (χ1n) is 7.86. The summed E-state index contributed by atoms with van der Waals surface area (Å²) in [5, 5.41) is 3.59. The minimum absolute atomic E-state index is 0.654. The molecule has 2 atom stereocenters. The SMILES string of the molecule is CC(C)c1ccc(N2C[C@@H]3C[C@H]2CN3)cc1C1CC1. The lowest BCUT2D eigenvalue weighted by molar-refractivity contribution is 0.580. The third-order valence-electron chi connectivity index (χ3n) is 5.10. The van der Waals surface area contributed by atoms with E-state index in [-0.39, 0.29) is 0 Å². The van der Waals surface area contributed by atoms with Crippen molar-refractivity contribution in [2.75, 3.05) is 18.0 Å². The Morgan fingerprint density at radius 1 is 1.26 bits per heavy atom. The van der Waals surface area contributed by atoms with Crippen molar-refractivity contribution < 1.29 is 0 Å². The number of piperazine rings is 1. The molecule has 3 fully saturated rings. The lowest BCUT2D eigenvalue weighted by Crippen LogP contribution is -2.43. The Kier molecular flexibility index (Phi) is 2.63. The Balaban J connectivity index is 1.68. The van der Waals surface area contributed by atoms with Gasteiger partial charge in [-0.3, -0.25) is 0 Å². The van der Waals surface area contributed by atoms with E-state index in [0.29, 0.717) is 5.92 Å². The van der Waals surface area contributed by atoms with Gasteiger partial charge in [-0.1, -0.05) is 19.9 Å². The minimum atomic E-state index is 0.654. The van der Waals surface area contributed by atoms with Gasteiger partial charge in [0.25, 0.3) is 0 Å². The van der Waals surface area contributed by atoms with Crippen LogP contribution in [0.3, 0.4) is 0 Å². The smallest absolute Gasteiger partial charge is 0.0430 e. The zero-order valence-corrected chi connectivity index (χ0v) is 12.0. The van der Waals surface area contributed by atoms with Crippen LogP contribution in [0.2, 0.25) is 0 Å². The summed E-state index contributed by atoms with van der Waals surface area (Å²) >= 11 is 0. The molecule has 1 aliphatic carbocycles. The van der Waals surface area contributed by atoms with Gasteiger partial charge in [-0.2, -0.15) is 0 Å². The Labute approximate surface area is 116 Å². The van der Waals surface area contributed by atoms with Crippen LogP contribution in [0.25, 0.3) is 0 Å². The summed E-state index contributed by atoms with van der Waals surface area (Å²) < 4.78 is 0. The zero-order valence-electron chi connectivity index (χ0n) is 12.0. The molecule has 0 aromatic heterocycles. The Morgan fingerprint density at radius 2 is 2.11 bits per heavy atom. The Bertz CT molecular complexity index is 490. The molecule has 2 nitrogen and oxygen atoms in total. The summed E-state index contributed by atoms with van der Waals surface area (Å²) in [6, 6.07) is 8.74. The van der Waals surface area contributed by atoms with Gasteiger partial charge in [0.1, 0.15) is 0 Å². The summed E-state index contributed by atoms with van der Waals surface area (Å²) in [6.45, 7) is 7.02. The average Bonchev–Trinajstić information content (AvgIpc) is 3.05. The van der Waals surface area contributed by atoms with Crippen LogP contribution in [0.15, 0.2) is 18.2 Å². The Hall–Kier alpha value is -1.02. The van der Waals surface area contributed by atoms with Gasteiger partial charge in [0.05, 0.1) is 0 Å². The number of nitrogens with zero attached hydrogens (tertiary/aromatic N) is 1. The van der Waals surface area contributed by atoms with Gasteiger partial charge in [-0.15, -0.1) is 0 Å². The molecule has 2 heteroatoms. The van der Waals surface area contributed by atoms with Gasteiger partial charge in [0.15, 0.2) is 0 Å². The monoisotopic (exact) mass is 256 g/mol. The number of hydrogen-bond donors (Lipinski definition) is 1. The van der Waals surface area contributed by atoms with Gasteiger partial charge in [0, 0.05) is 30.9 Å². The summed E-state index contributed by atoms with van der Waals surface area (Å²) in [5.41, 5.74) is 4.69. The molecule has 4 rings (SSSR count). The number of nitrogens with one attached hydrogen (secondary N) is 1. The molecule has 0 unspecified atom stereocenters. The fourth-order valence-corrected chi connectivity index (χ4v) is 3.89. The summed E-state index contributed by atoms with van der Waals surface area (Å²) in [5.74, 6) is 1.51. The molecule has 1 saturated carbocycles. The molecule has 0 spiro atoms. The topological polar surface area (TPSA) is 15.3 Å². The maximum absolute atomic E-state index is 3.59. The van der Waals surface area contributed by atoms with Crippen LogP contribution in [0.5, 0.6) is 0 Å². The van der Waals surface area contributed by atoms with E-state index in [0.717, 1.165) is 18.0 Å². The Morgan fingerprint density at radius 3 is 2.68 bits per heavy atom. The van der Waals surface area contributed by atoms with Crippen molar-refractivity contribution in [1.82, 2.24) is 5.32 Å². The fourth-order valence-electron chi connectivity index (χ4n) is 3.89. The standard InChI is InChI=1S/C17H24N2/c1-11(2)16-6-5-14(8-17(16)12-3-4-12)19-10-13-7-15(19)9-18-13/h5-6,8,11-13,15,18H,3-4,7,9-10H2,1-2H3/t13-,15-/m0/s1. The number of anilines is 1. The molecule has 2 saturated heterocycles. The van der Waals surface area contributed by atoms with Crippen molar-refractivity contribution >= 4 is 5.69 Å². The van der Waals surface area contributed by atoms with E-state index in [2.05, 4.69) is 42.3 Å². The number of hydrogen-bond acceptors (Lipinski definition) is 2. The summed E-state index contributed by atoms with van der Waals surface area (Å²) in [7, 11) is 0. The van der Waals surface area contributed by atoms with E-state index in [1.54, 1.807) is 11.1 Å². The molecule has 1 aromatic rings. The molecule has 0 radical (unpaired) electrons. The average molecular weight is 256 g/mol. The second-order valence-electron chi connectivity index (χ2n) is 6.89. The van der Waals surface area contributed by atoms with E-state index in [1.807, 2.05) is 0 Å². The number of benzene rings is 1. The first-order valence-corrected chi connectivity index (χ1v) is 7.86. The highest BCUT2D eigenvalue weighted by Crippen LogP contribution is 2.45. The maximum atomic E-state index is 3.59. The molecule has 3 aliphatic rings. The largest absolute Gasteiger partial charge is 0.366 e. The third-order valence-corrected chi connectivity index (χ3v) is 5.10. The van der Waals surface area contributed by atoms with E-state index in [4.69, 9.17) is 0 Å². The van der Waals surface area contributed by atoms with Crippen LogP contribution in [0, 0.1) is 0 Å². The van der Waals surface area contributed by atoms with Crippen molar-refractivity contribution in [3.63, 3.8) is 0 Å². The van der Waals surface area contributed by atoms with E-state index in [9.17, 15) is 0 Å². The van der Waals surface area contributed by atoms with Gasteiger partial charge in [-0.25, -0.2) is 0 Å². The van der Waals surface area contributed by atoms with Crippen molar-refractivity contribution in [1.29, 1.82) is 0 Å². The van der Waals surface area contributed by atoms with E-state index >= 15 is 0 Å². The van der Waals surface area contributed by atoms with Crippen LogP contribution in [0.1, 0.15) is 56.1 Å². The second kappa shape index (κ2) is 4.24. The number of fused-ring (bicyclic) bond motifs is 2. The predicted octanol–water partition coefficient (Wildman–Crippen LogP) is 3.24. The highest BCUT2D eigenvalue weighted by atomic mass is 15.3. The van der Waals surface area contributed by atoms with Crippen molar-refractivity contribution in [2.24, 2.45) is 0 Å². The lowest BCUT2D eigenvalue weighted by Gasteiger charge is -2.30. The highest BCUT2D eigenvalue weighted by molar-refractivity contribution is 5.55. The van der Waals surface area contributed by atoms with Crippen LogP contribution >= 0.6 is 0 Å². The molecule has 19 heavy (non-hydrogen) atoms. The quantitative estimate of drug-likeness (QED) is 0.893. The molecule has 2 heterocycles. The van der Waals surface area contributed by atoms with Crippen LogP contribution in [0.4, 0.5) is 5.69 Å². The first kappa shape index (κ1) is 11.8. The van der Waals surface area contributed by atoms with Gasteiger partial charge >= 0.3 is 0 Å². The fraction of sp³-hybridized carbons (Fsp3) is 0.647. The second-order valence-corrected chi connectivity index (χ2v) is 6.89. The van der Waals surface area contributed by atoms with Gasteiger partial charge < -0.3 is 10.2 Å². The molecule has 2 bridgehead atoms. The molecule has 2 aliphatic heterocycles.